The third kappa shape index (κ3) is 7.43. The van der Waals surface area contributed by atoms with E-state index in [1.807, 2.05) is 5.32 Å². The molecule has 0 aromatic heterocycles. The van der Waals surface area contributed by atoms with Crippen molar-refractivity contribution in [1.82, 2.24) is 5.32 Å². The highest BCUT2D eigenvalue weighted by molar-refractivity contribution is 7.80. The third-order valence-corrected chi connectivity index (χ3v) is 4.56. The second-order valence-electron chi connectivity index (χ2n) is 6.43. The molecule has 1 aliphatic rings. The first-order chi connectivity index (χ1) is 13.8. The molecular weight excluding hydrogens is 438 g/mol. The van der Waals surface area contributed by atoms with Crippen molar-refractivity contribution < 1.29 is 66.9 Å². The fourth-order valence-electron chi connectivity index (χ4n) is 2.62. The zero-order chi connectivity index (χ0) is 23.2. The first kappa shape index (κ1) is 26.7. The van der Waals surface area contributed by atoms with Crippen molar-refractivity contribution in [2.45, 2.75) is 62.0 Å². The molecule has 30 heavy (non-hydrogen) atoms. The van der Waals surface area contributed by atoms with Crippen LogP contribution in [0.3, 0.4) is 0 Å². The van der Waals surface area contributed by atoms with Gasteiger partial charge >= 0.3 is 10.4 Å². The fourth-order valence-corrected chi connectivity index (χ4v) is 2.93. The Bertz CT molecular complexity index is 672. The number of carbonyl (C=O) groups excluding carboxylic acids is 2. The summed E-state index contributed by atoms with van der Waals surface area (Å²) >= 11 is 0. The topological polar surface area (TPSA) is 250 Å². The lowest BCUT2D eigenvalue weighted by Crippen LogP contribution is -2.62. The quantitative estimate of drug-likeness (QED) is 0.105. The number of aliphatic hydroxyl groups excluding tert-OH is 6. The van der Waals surface area contributed by atoms with Gasteiger partial charge in [0.1, 0.15) is 55.1 Å². The van der Waals surface area contributed by atoms with E-state index in [0.29, 0.717) is 0 Å². The maximum absolute atomic E-state index is 11.2. The van der Waals surface area contributed by atoms with E-state index >= 15 is 0 Å². The van der Waals surface area contributed by atoms with E-state index in [-0.39, 0.29) is 6.29 Å². The van der Waals surface area contributed by atoms with Crippen LogP contribution in [0, 0.1) is 0 Å². The molecule has 0 radical (unpaired) electrons. The number of aliphatic hydroxyl groups is 6. The van der Waals surface area contributed by atoms with Crippen molar-refractivity contribution in [3.63, 3.8) is 0 Å². The Balaban J connectivity index is 3.12. The minimum absolute atomic E-state index is 0.0755. The Kier molecular flexibility index (Phi) is 10.1. The third-order valence-electron chi connectivity index (χ3n) is 4.13. The molecule has 0 aromatic carbocycles. The van der Waals surface area contributed by atoms with Crippen LogP contribution in [0.25, 0.3) is 0 Å². The zero-order valence-corrected chi connectivity index (χ0v) is 16.4. The maximum Gasteiger partial charge on any atom is 0.397 e. The van der Waals surface area contributed by atoms with Gasteiger partial charge in [0.2, 0.25) is 5.91 Å². The molecule has 1 aliphatic heterocycles. The van der Waals surface area contributed by atoms with E-state index in [2.05, 4.69) is 4.18 Å². The van der Waals surface area contributed by atoms with Gasteiger partial charge in [-0.2, -0.15) is 8.42 Å². The maximum atomic E-state index is 11.2. The van der Waals surface area contributed by atoms with Gasteiger partial charge in [0.15, 0.2) is 6.29 Å². The van der Waals surface area contributed by atoms with Crippen LogP contribution < -0.4 is 5.32 Å². The van der Waals surface area contributed by atoms with Crippen LogP contribution in [0.4, 0.5) is 0 Å². The highest BCUT2D eigenvalue weighted by Gasteiger charge is 2.47. The lowest BCUT2D eigenvalue weighted by atomic mass is 9.98. The Labute approximate surface area is 170 Å². The summed E-state index contributed by atoms with van der Waals surface area (Å²) in [6, 6.07) is -1.68. The molecule has 1 fully saturated rings. The number of nitrogens with one attached hydrogen (secondary N) is 1. The van der Waals surface area contributed by atoms with Crippen molar-refractivity contribution in [3.8, 4) is 0 Å². The molecule has 0 spiro atoms. The van der Waals surface area contributed by atoms with Crippen LogP contribution in [-0.4, -0.2) is 124 Å². The minimum Gasteiger partial charge on any atom is -0.394 e. The normalized spacial score (nSPS) is 31.4. The molecule has 1 heterocycles. The first-order valence-electron chi connectivity index (χ1n) is 8.48. The number of ether oxygens (including phenoxy) is 2. The highest BCUT2D eigenvalue weighted by Crippen LogP contribution is 2.25. The minimum atomic E-state index is -5.02. The Morgan fingerprint density at radius 2 is 1.80 bits per heavy atom. The van der Waals surface area contributed by atoms with Gasteiger partial charge in [-0.3, -0.25) is 9.35 Å². The van der Waals surface area contributed by atoms with E-state index in [1.165, 1.54) is 0 Å². The Hall–Kier alpha value is -1.31. The number of carbonyl (C=O) groups is 2. The largest absolute Gasteiger partial charge is 0.397 e. The SMILES string of the molecule is CC(=O)N[C@@H](C=O)[C@@H](O)[C@H](O[C@@H]1O[C@H](CO)[C@H](O)[C@H](O)[C@H]1O)[C@H](O)COS(=O)(=O)O. The molecule has 1 rings (SSSR count). The van der Waals surface area contributed by atoms with Crippen LogP contribution in [-0.2, 0) is 33.6 Å². The van der Waals surface area contributed by atoms with Crippen LogP contribution in [0.5, 0.6) is 0 Å². The molecule has 176 valence electrons. The van der Waals surface area contributed by atoms with Crippen LogP contribution in [0.15, 0.2) is 0 Å². The summed E-state index contributed by atoms with van der Waals surface area (Å²) in [5.74, 6) is -0.763. The van der Waals surface area contributed by atoms with Gasteiger partial charge in [-0.05, 0) is 0 Å². The van der Waals surface area contributed by atoms with Crippen molar-refractivity contribution in [3.05, 3.63) is 0 Å². The number of hydrogen-bond donors (Lipinski definition) is 8. The van der Waals surface area contributed by atoms with E-state index in [1.54, 1.807) is 0 Å². The van der Waals surface area contributed by atoms with Crippen molar-refractivity contribution in [2.75, 3.05) is 13.2 Å². The van der Waals surface area contributed by atoms with Crippen LogP contribution in [0.2, 0.25) is 0 Å². The van der Waals surface area contributed by atoms with Crippen molar-refractivity contribution in [2.24, 2.45) is 0 Å². The zero-order valence-electron chi connectivity index (χ0n) is 15.6. The summed E-state index contributed by atoms with van der Waals surface area (Å²) in [4.78, 5) is 22.4. The van der Waals surface area contributed by atoms with Gasteiger partial charge < -0.3 is 50.2 Å². The fraction of sp³-hybridized carbons (Fsp3) is 0.857. The van der Waals surface area contributed by atoms with Crippen molar-refractivity contribution >= 4 is 22.6 Å². The molecular formula is C14H25NO14S. The van der Waals surface area contributed by atoms with Gasteiger partial charge in [0.05, 0.1) is 13.2 Å². The monoisotopic (exact) mass is 463 g/mol. The molecule has 16 heteroatoms. The molecule has 9 atom stereocenters. The molecule has 0 bridgehead atoms. The van der Waals surface area contributed by atoms with Gasteiger partial charge in [0.25, 0.3) is 0 Å². The summed E-state index contributed by atoms with van der Waals surface area (Å²) < 4.78 is 44.3. The van der Waals surface area contributed by atoms with Gasteiger partial charge in [-0.25, -0.2) is 4.18 Å². The summed E-state index contributed by atoms with van der Waals surface area (Å²) in [5, 5.41) is 61.4. The molecule has 15 nitrogen and oxygen atoms in total. The number of hydrogen-bond acceptors (Lipinski definition) is 13. The summed E-state index contributed by atoms with van der Waals surface area (Å²) in [5.41, 5.74) is 0. The molecule has 0 saturated carbocycles. The summed E-state index contributed by atoms with van der Waals surface area (Å²) in [6.07, 6.45) is -15.0. The highest BCUT2D eigenvalue weighted by atomic mass is 32.3. The number of rotatable bonds is 11. The average molecular weight is 463 g/mol. The number of amides is 1. The predicted molar refractivity (Wildman–Crippen MR) is 91.8 cm³/mol. The van der Waals surface area contributed by atoms with Crippen LogP contribution >= 0.6 is 0 Å². The smallest absolute Gasteiger partial charge is 0.394 e. The van der Waals surface area contributed by atoms with E-state index in [0.717, 1.165) is 6.92 Å². The second-order valence-corrected chi connectivity index (χ2v) is 7.52. The van der Waals surface area contributed by atoms with Gasteiger partial charge in [0, 0.05) is 6.92 Å². The molecule has 0 unspecified atom stereocenters. The number of aldehydes is 1. The molecule has 0 aromatic rings. The first-order valence-corrected chi connectivity index (χ1v) is 9.85. The standard InChI is InChI=1S/C14H25NO14S/c1-5(18)15-6(2-16)9(20)13(7(19)4-27-30(24,25)26)29-14-12(23)11(22)10(21)8(3-17)28-14/h2,6-14,17,19-23H,3-4H2,1H3,(H,15,18)(H,24,25,26)/t6-,7+,8+,9+,10-,11-,12+,13+,14-/m0/s1. The van der Waals surface area contributed by atoms with E-state index in [4.69, 9.17) is 14.0 Å². The van der Waals surface area contributed by atoms with Crippen LogP contribution in [0.1, 0.15) is 6.92 Å². The second kappa shape index (κ2) is 11.3. The van der Waals surface area contributed by atoms with Gasteiger partial charge in [-0.1, -0.05) is 0 Å². The van der Waals surface area contributed by atoms with Gasteiger partial charge in [-0.15, -0.1) is 0 Å². The van der Waals surface area contributed by atoms with E-state index in [9.17, 15) is 48.6 Å². The molecule has 0 aliphatic carbocycles. The Morgan fingerprint density at radius 1 is 1.20 bits per heavy atom. The summed E-state index contributed by atoms with van der Waals surface area (Å²) in [7, 11) is -5.02. The molecule has 1 saturated heterocycles. The Morgan fingerprint density at radius 3 is 2.27 bits per heavy atom. The van der Waals surface area contributed by atoms with E-state index < -0.39 is 84.6 Å². The molecule has 8 N–H and O–H groups in total. The predicted octanol–water partition coefficient (Wildman–Crippen LogP) is -5.58. The molecule has 1 amide bonds. The lowest BCUT2D eigenvalue weighted by molar-refractivity contribution is -0.324. The van der Waals surface area contributed by atoms with Crippen molar-refractivity contribution in [1.29, 1.82) is 0 Å². The average Bonchev–Trinajstić information content (AvgIpc) is 2.66. The lowest BCUT2D eigenvalue weighted by Gasteiger charge is -2.42. The summed E-state index contributed by atoms with van der Waals surface area (Å²) in [6.45, 7) is -1.01.